The maximum atomic E-state index is 11.4. The standard InChI is InChI=1S/C13H26N2O2/c1-4-15(5-2)9-8-14-13(12(16)17)7-6-11(3)10-13/h11,14H,4-10H2,1-3H3,(H,16,17). The molecule has 0 spiro atoms. The molecule has 2 N–H and O–H groups in total. The fourth-order valence-corrected chi connectivity index (χ4v) is 2.72. The first-order valence-corrected chi connectivity index (χ1v) is 6.75. The van der Waals surface area contributed by atoms with E-state index in [4.69, 9.17) is 0 Å². The average Bonchev–Trinajstić information content (AvgIpc) is 2.68. The van der Waals surface area contributed by atoms with Crippen LogP contribution in [0.3, 0.4) is 0 Å². The predicted molar refractivity (Wildman–Crippen MR) is 69.2 cm³/mol. The van der Waals surface area contributed by atoms with Gasteiger partial charge in [-0.15, -0.1) is 0 Å². The molecular weight excluding hydrogens is 216 g/mol. The van der Waals surface area contributed by atoms with Crippen molar-refractivity contribution in [1.29, 1.82) is 0 Å². The van der Waals surface area contributed by atoms with Crippen LogP contribution in [-0.4, -0.2) is 47.7 Å². The molecule has 0 aromatic rings. The molecule has 4 nitrogen and oxygen atoms in total. The van der Waals surface area contributed by atoms with Crippen molar-refractivity contribution in [3.05, 3.63) is 0 Å². The van der Waals surface area contributed by atoms with Crippen LogP contribution in [0.1, 0.15) is 40.0 Å². The number of nitrogens with one attached hydrogen (secondary N) is 1. The third kappa shape index (κ3) is 3.68. The van der Waals surface area contributed by atoms with E-state index in [1.54, 1.807) is 0 Å². The Morgan fingerprint density at radius 1 is 1.47 bits per heavy atom. The number of aliphatic carboxylic acids is 1. The van der Waals surface area contributed by atoms with Gasteiger partial charge < -0.3 is 15.3 Å². The number of carboxylic acids is 1. The molecule has 1 aliphatic rings. The summed E-state index contributed by atoms with van der Waals surface area (Å²) in [7, 11) is 0. The maximum absolute atomic E-state index is 11.4. The quantitative estimate of drug-likeness (QED) is 0.711. The first kappa shape index (κ1) is 14.5. The van der Waals surface area contributed by atoms with E-state index in [2.05, 4.69) is 31.0 Å². The smallest absolute Gasteiger partial charge is 0.323 e. The van der Waals surface area contributed by atoms with Gasteiger partial charge in [-0.1, -0.05) is 20.8 Å². The van der Waals surface area contributed by atoms with Gasteiger partial charge in [-0.25, -0.2) is 0 Å². The Morgan fingerprint density at radius 2 is 2.12 bits per heavy atom. The highest BCUT2D eigenvalue weighted by Crippen LogP contribution is 2.34. The Bertz CT molecular complexity index is 254. The summed E-state index contributed by atoms with van der Waals surface area (Å²) in [6.45, 7) is 10.1. The van der Waals surface area contributed by atoms with E-state index in [1.165, 1.54) is 0 Å². The largest absolute Gasteiger partial charge is 0.480 e. The second-order valence-corrected chi connectivity index (χ2v) is 5.19. The highest BCUT2D eigenvalue weighted by atomic mass is 16.4. The highest BCUT2D eigenvalue weighted by Gasteiger charge is 2.43. The van der Waals surface area contributed by atoms with Crippen molar-refractivity contribution < 1.29 is 9.90 Å². The van der Waals surface area contributed by atoms with E-state index in [0.29, 0.717) is 5.92 Å². The van der Waals surface area contributed by atoms with Crippen molar-refractivity contribution in [1.82, 2.24) is 10.2 Å². The lowest BCUT2D eigenvalue weighted by atomic mass is 9.96. The Kier molecular flexibility index (Phi) is 5.40. The van der Waals surface area contributed by atoms with Crippen molar-refractivity contribution >= 4 is 5.97 Å². The summed E-state index contributed by atoms with van der Waals surface area (Å²) < 4.78 is 0. The lowest BCUT2D eigenvalue weighted by molar-refractivity contribution is -0.144. The van der Waals surface area contributed by atoms with Crippen LogP contribution in [0.2, 0.25) is 0 Å². The second kappa shape index (κ2) is 6.36. The van der Waals surface area contributed by atoms with Crippen LogP contribution in [0.25, 0.3) is 0 Å². The molecule has 0 radical (unpaired) electrons. The van der Waals surface area contributed by atoms with E-state index in [9.17, 15) is 9.90 Å². The fourth-order valence-electron chi connectivity index (χ4n) is 2.72. The maximum Gasteiger partial charge on any atom is 0.323 e. The molecule has 1 aliphatic carbocycles. The third-order valence-corrected chi connectivity index (χ3v) is 3.96. The molecule has 17 heavy (non-hydrogen) atoms. The van der Waals surface area contributed by atoms with Gasteiger partial charge >= 0.3 is 5.97 Å². The number of hydrogen-bond acceptors (Lipinski definition) is 3. The molecule has 0 amide bonds. The van der Waals surface area contributed by atoms with E-state index >= 15 is 0 Å². The molecule has 1 fully saturated rings. The van der Waals surface area contributed by atoms with Crippen molar-refractivity contribution in [3.63, 3.8) is 0 Å². The number of carboxylic acid groups (broad SMARTS) is 1. The van der Waals surface area contributed by atoms with Crippen molar-refractivity contribution in [2.75, 3.05) is 26.2 Å². The molecule has 2 atom stereocenters. The van der Waals surface area contributed by atoms with Gasteiger partial charge in [0.25, 0.3) is 0 Å². The van der Waals surface area contributed by atoms with Crippen LogP contribution in [0.15, 0.2) is 0 Å². The van der Waals surface area contributed by atoms with Crippen molar-refractivity contribution in [3.8, 4) is 0 Å². The number of rotatable bonds is 7. The van der Waals surface area contributed by atoms with E-state index in [-0.39, 0.29) is 0 Å². The first-order valence-electron chi connectivity index (χ1n) is 6.75. The summed E-state index contributed by atoms with van der Waals surface area (Å²) in [5.74, 6) is -0.159. The summed E-state index contributed by atoms with van der Waals surface area (Å²) in [6, 6.07) is 0. The number of carbonyl (C=O) groups is 1. The van der Waals surface area contributed by atoms with Gasteiger partial charge in [0, 0.05) is 13.1 Å². The zero-order chi connectivity index (χ0) is 12.9. The summed E-state index contributed by atoms with van der Waals surface area (Å²) in [5.41, 5.74) is -0.660. The van der Waals surface area contributed by atoms with Crippen LogP contribution in [0.4, 0.5) is 0 Å². The molecule has 0 aromatic heterocycles. The SMILES string of the molecule is CCN(CC)CCNC1(C(=O)O)CCC(C)C1. The lowest BCUT2D eigenvalue weighted by Gasteiger charge is -2.27. The molecule has 0 aromatic carbocycles. The molecule has 2 unspecified atom stereocenters. The van der Waals surface area contributed by atoms with Crippen LogP contribution in [0.5, 0.6) is 0 Å². The average molecular weight is 242 g/mol. The Balaban J connectivity index is 2.44. The molecule has 1 rings (SSSR count). The van der Waals surface area contributed by atoms with Crippen LogP contribution in [-0.2, 0) is 4.79 Å². The number of likely N-dealkylation sites (N-methyl/N-ethyl adjacent to an activating group) is 1. The van der Waals surface area contributed by atoms with Gasteiger partial charge in [0.1, 0.15) is 5.54 Å². The minimum Gasteiger partial charge on any atom is -0.480 e. The van der Waals surface area contributed by atoms with Crippen molar-refractivity contribution in [2.24, 2.45) is 5.92 Å². The Morgan fingerprint density at radius 3 is 2.53 bits per heavy atom. The van der Waals surface area contributed by atoms with Gasteiger partial charge in [-0.3, -0.25) is 4.79 Å². The summed E-state index contributed by atoms with van der Waals surface area (Å²) >= 11 is 0. The Hall–Kier alpha value is -0.610. The minimum atomic E-state index is -0.679. The third-order valence-electron chi connectivity index (χ3n) is 3.96. The summed E-state index contributed by atoms with van der Waals surface area (Å²) in [4.78, 5) is 13.7. The first-order chi connectivity index (χ1) is 8.04. The summed E-state index contributed by atoms with van der Waals surface area (Å²) in [6.07, 6.45) is 2.55. The van der Waals surface area contributed by atoms with Gasteiger partial charge in [0.05, 0.1) is 0 Å². The van der Waals surface area contributed by atoms with Gasteiger partial charge in [-0.05, 0) is 38.3 Å². The van der Waals surface area contributed by atoms with Crippen LogP contribution in [0, 0.1) is 5.92 Å². The molecule has 0 heterocycles. The van der Waals surface area contributed by atoms with Crippen molar-refractivity contribution in [2.45, 2.75) is 45.6 Å². The second-order valence-electron chi connectivity index (χ2n) is 5.19. The zero-order valence-corrected chi connectivity index (χ0v) is 11.3. The molecule has 1 saturated carbocycles. The van der Waals surface area contributed by atoms with Crippen LogP contribution >= 0.6 is 0 Å². The fraction of sp³-hybridized carbons (Fsp3) is 0.923. The number of nitrogens with zero attached hydrogens (tertiary/aromatic N) is 1. The molecule has 0 bridgehead atoms. The topological polar surface area (TPSA) is 52.6 Å². The monoisotopic (exact) mass is 242 g/mol. The molecule has 100 valence electrons. The van der Waals surface area contributed by atoms with Crippen LogP contribution < -0.4 is 5.32 Å². The lowest BCUT2D eigenvalue weighted by Crippen LogP contribution is -2.52. The van der Waals surface area contributed by atoms with Gasteiger partial charge in [-0.2, -0.15) is 0 Å². The normalized spacial score (nSPS) is 28.8. The van der Waals surface area contributed by atoms with E-state index < -0.39 is 11.5 Å². The van der Waals surface area contributed by atoms with Gasteiger partial charge in [0.2, 0.25) is 0 Å². The number of hydrogen-bond donors (Lipinski definition) is 2. The molecule has 0 saturated heterocycles. The highest BCUT2D eigenvalue weighted by molar-refractivity contribution is 5.79. The van der Waals surface area contributed by atoms with Gasteiger partial charge in [0.15, 0.2) is 0 Å². The van der Waals surface area contributed by atoms with E-state index in [1.807, 2.05) is 0 Å². The molecule has 0 aliphatic heterocycles. The minimum absolute atomic E-state index is 0.520. The zero-order valence-electron chi connectivity index (χ0n) is 11.3. The van der Waals surface area contributed by atoms with E-state index in [0.717, 1.165) is 45.4 Å². The summed E-state index contributed by atoms with van der Waals surface area (Å²) in [5, 5.41) is 12.7. The Labute approximate surface area is 104 Å². The molecular formula is C13H26N2O2. The molecule has 4 heteroatoms. The predicted octanol–water partition coefficient (Wildman–Crippen LogP) is 1.56.